The quantitative estimate of drug-likeness (QED) is 0.662. The summed E-state index contributed by atoms with van der Waals surface area (Å²) in [5.74, 6) is 0.116. The smallest absolute Gasteiger partial charge is 0.410 e. The van der Waals surface area contributed by atoms with Crippen LogP contribution in [0.2, 0.25) is 0 Å². The number of carbonyl (C=O) groups excluding carboxylic acids is 1. The zero-order valence-corrected chi connectivity index (χ0v) is 19.4. The third-order valence-corrected chi connectivity index (χ3v) is 7.40. The van der Waals surface area contributed by atoms with Crippen LogP contribution in [-0.2, 0) is 19.5 Å². The van der Waals surface area contributed by atoms with Gasteiger partial charge in [-0.25, -0.2) is 22.3 Å². The van der Waals surface area contributed by atoms with Crippen molar-refractivity contribution >= 4 is 16.1 Å². The first-order chi connectivity index (χ1) is 15.3. The maximum Gasteiger partial charge on any atom is 0.410 e. The van der Waals surface area contributed by atoms with Gasteiger partial charge in [-0.15, -0.1) is 0 Å². The van der Waals surface area contributed by atoms with Crippen LogP contribution in [0.1, 0.15) is 62.8 Å². The largest absolute Gasteiger partial charge is 0.446 e. The first-order valence-corrected chi connectivity index (χ1v) is 13.5. The Morgan fingerprint density at radius 2 is 1.84 bits per heavy atom. The summed E-state index contributed by atoms with van der Waals surface area (Å²) in [6.07, 6.45) is 7.47. The Hall–Kier alpha value is -1.71. The first-order valence-electron chi connectivity index (χ1n) is 11.6. The lowest BCUT2D eigenvalue weighted by atomic mass is 9.82. The van der Waals surface area contributed by atoms with Gasteiger partial charge in [0.2, 0.25) is 10.0 Å². The van der Waals surface area contributed by atoms with E-state index in [0.29, 0.717) is 25.3 Å². The molecule has 1 saturated heterocycles. The normalized spacial score (nSPS) is 29.0. The number of sulfonamides is 1. The predicted molar refractivity (Wildman–Crippen MR) is 118 cm³/mol. The maximum absolute atomic E-state index is 13.5. The van der Waals surface area contributed by atoms with Crippen molar-refractivity contribution in [3.05, 3.63) is 35.6 Å². The van der Waals surface area contributed by atoms with Crippen molar-refractivity contribution in [3.63, 3.8) is 0 Å². The summed E-state index contributed by atoms with van der Waals surface area (Å²) in [7, 11) is -3.42. The molecule has 2 saturated carbocycles. The minimum absolute atomic E-state index is 0.00888. The summed E-state index contributed by atoms with van der Waals surface area (Å²) in [5.41, 5.74) is 1.03. The third kappa shape index (κ3) is 6.42. The summed E-state index contributed by atoms with van der Waals surface area (Å²) < 4.78 is 51.7. The second kappa shape index (κ2) is 10.1. The van der Waals surface area contributed by atoms with Gasteiger partial charge in [0, 0.05) is 12.6 Å². The minimum atomic E-state index is -3.42. The van der Waals surface area contributed by atoms with Crippen molar-refractivity contribution in [2.24, 2.45) is 0 Å². The SMILES string of the molecule is CS(=O)(=O)N[C@H]1CCCN(C(=O)OC2CC2)[C@H]1CO[C@H]1CC[C@@H](c2cccc(F)c2)CC1. The highest BCUT2D eigenvalue weighted by Gasteiger charge is 2.39. The highest BCUT2D eigenvalue weighted by molar-refractivity contribution is 7.88. The molecule has 0 bridgehead atoms. The molecular formula is C23H33FN2O5S. The van der Waals surface area contributed by atoms with Crippen LogP contribution in [0.15, 0.2) is 24.3 Å². The predicted octanol–water partition coefficient (Wildman–Crippen LogP) is 3.55. The van der Waals surface area contributed by atoms with E-state index in [1.165, 1.54) is 6.07 Å². The summed E-state index contributed by atoms with van der Waals surface area (Å²) in [6.45, 7) is 0.802. The molecule has 1 N–H and O–H groups in total. The summed E-state index contributed by atoms with van der Waals surface area (Å²) in [4.78, 5) is 14.3. The van der Waals surface area contributed by atoms with E-state index in [1.54, 1.807) is 17.0 Å². The van der Waals surface area contributed by atoms with Crippen molar-refractivity contribution in [2.75, 3.05) is 19.4 Å². The van der Waals surface area contributed by atoms with Crippen LogP contribution in [0.25, 0.3) is 0 Å². The molecule has 0 radical (unpaired) electrons. The molecule has 32 heavy (non-hydrogen) atoms. The Balaban J connectivity index is 1.36. The molecule has 1 aromatic rings. The van der Waals surface area contributed by atoms with E-state index < -0.39 is 22.1 Å². The van der Waals surface area contributed by atoms with Gasteiger partial charge in [-0.2, -0.15) is 0 Å². The molecule has 2 aliphatic carbocycles. The van der Waals surface area contributed by atoms with Gasteiger partial charge in [-0.3, -0.25) is 0 Å². The van der Waals surface area contributed by atoms with Gasteiger partial charge < -0.3 is 14.4 Å². The lowest BCUT2D eigenvalue weighted by molar-refractivity contribution is -0.0273. The van der Waals surface area contributed by atoms with E-state index in [2.05, 4.69) is 4.72 Å². The number of nitrogens with zero attached hydrogens (tertiary/aromatic N) is 1. The molecular weight excluding hydrogens is 435 g/mol. The van der Waals surface area contributed by atoms with Crippen LogP contribution in [-0.4, -0.2) is 63.1 Å². The zero-order chi connectivity index (χ0) is 22.7. The highest BCUT2D eigenvalue weighted by Crippen LogP contribution is 2.35. The van der Waals surface area contributed by atoms with Gasteiger partial charge in [0.15, 0.2) is 0 Å². The van der Waals surface area contributed by atoms with Gasteiger partial charge in [0.1, 0.15) is 11.9 Å². The van der Waals surface area contributed by atoms with Crippen molar-refractivity contribution < 1.29 is 27.1 Å². The van der Waals surface area contributed by atoms with Crippen LogP contribution >= 0.6 is 0 Å². The standard InChI is InChI=1S/C23H33FN2O5S/c1-32(28,29)25-21-6-3-13-26(23(27)31-20-11-12-20)22(21)15-30-19-9-7-16(8-10-19)17-4-2-5-18(24)14-17/h2,4-5,14,16,19-22,25H,3,6-13,15H2,1H3/t16-,19+,21-,22-/m0/s1. The summed E-state index contributed by atoms with van der Waals surface area (Å²) in [5, 5.41) is 0. The molecule has 0 aromatic heterocycles. The molecule has 0 unspecified atom stereocenters. The Kier molecular flexibility index (Phi) is 7.37. The topological polar surface area (TPSA) is 84.9 Å². The van der Waals surface area contributed by atoms with Gasteiger partial charge in [-0.1, -0.05) is 12.1 Å². The molecule has 4 rings (SSSR count). The molecule has 3 aliphatic rings. The van der Waals surface area contributed by atoms with Crippen molar-refractivity contribution in [1.82, 2.24) is 9.62 Å². The number of rotatable bonds is 7. The molecule has 178 valence electrons. The molecule has 0 spiro atoms. The number of hydrogen-bond acceptors (Lipinski definition) is 5. The average molecular weight is 469 g/mol. The Morgan fingerprint density at radius 3 is 2.50 bits per heavy atom. The van der Waals surface area contributed by atoms with E-state index in [0.717, 1.165) is 50.3 Å². The van der Waals surface area contributed by atoms with E-state index in [-0.39, 0.29) is 30.7 Å². The molecule has 3 fully saturated rings. The van der Waals surface area contributed by atoms with Crippen LogP contribution in [0.4, 0.5) is 9.18 Å². The molecule has 7 nitrogen and oxygen atoms in total. The van der Waals surface area contributed by atoms with Crippen LogP contribution < -0.4 is 4.72 Å². The molecule has 1 amide bonds. The lowest BCUT2D eigenvalue weighted by Crippen LogP contribution is -2.59. The van der Waals surface area contributed by atoms with E-state index in [4.69, 9.17) is 9.47 Å². The number of ether oxygens (including phenoxy) is 2. The molecule has 1 aromatic carbocycles. The number of carbonyl (C=O) groups is 1. The Bertz CT molecular complexity index is 899. The number of piperidine rings is 1. The van der Waals surface area contributed by atoms with Crippen LogP contribution in [0.3, 0.4) is 0 Å². The fourth-order valence-corrected chi connectivity index (χ4v) is 5.68. The Morgan fingerprint density at radius 1 is 1.12 bits per heavy atom. The fourth-order valence-electron chi connectivity index (χ4n) is 4.86. The number of halogens is 1. The number of benzene rings is 1. The van der Waals surface area contributed by atoms with Gasteiger partial charge in [-0.05, 0) is 75.0 Å². The monoisotopic (exact) mass is 468 g/mol. The number of nitrogens with one attached hydrogen (secondary N) is 1. The summed E-state index contributed by atoms with van der Waals surface area (Å²) in [6, 6.07) is 6.00. The van der Waals surface area contributed by atoms with Crippen LogP contribution in [0.5, 0.6) is 0 Å². The van der Waals surface area contributed by atoms with Crippen molar-refractivity contribution in [2.45, 2.75) is 81.6 Å². The van der Waals surface area contributed by atoms with Crippen molar-refractivity contribution in [1.29, 1.82) is 0 Å². The maximum atomic E-state index is 13.5. The molecule has 1 aliphatic heterocycles. The van der Waals surface area contributed by atoms with Crippen molar-refractivity contribution in [3.8, 4) is 0 Å². The van der Waals surface area contributed by atoms with E-state index in [1.807, 2.05) is 6.07 Å². The van der Waals surface area contributed by atoms with Gasteiger partial charge in [0.25, 0.3) is 0 Å². The minimum Gasteiger partial charge on any atom is -0.446 e. The van der Waals surface area contributed by atoms with Gasteiger partial charge >= 0.3 is 6.09 Å². The molecule has 2 atom stereocenters. The average Bonchev–Trinajstić information content (AvgIpc) is 3.56. The highest BCUT2D eigenvalue weighted by atomic mass is 32.2. The number of amides is 1. The van der Waals surface area contributed by atoms with E-state index >= 15 is 0 Å². The second-order valence-electron chi connectivity index (χ2n) is 9.34. The number of likely N-dealkylation sites (tertiary alicyclic amines) is 1. The third-order valence-electron chi connectivity index (χ3n) is 6.67. The lowest BCUT2D eigenvalue weighted by Gasteiger charge is -2.41. The Labute approximate surface area is 189 Å². The van der Waals surface area contributed by atoms with Crippen LogP contribution in [0, 0.1) is 5.82 Å². The molecule has 1 heterocycles. The molecule has 9 heteroatoms. The fraction of sp³-hybridized carbons (Fsp3) is 0.696. The van der Waals surface area contributed by atoms with Gasteiger partial charge in [0.05, 0.1) is 25.0 Å². The first kappa shape index (κ1) is 23.4. The zero-order valence-electron chi connectivity index (χ0n) is 18.5. The van der Waals surface area contributed by atoms with E-state index in [9.17, 15) is 17.6 Å². The number of hydrogen-bond donors (Lipinski definition) is 1. The second-order valence-corrected chi connectivity index (χ2v) is 11.1. The summed E-state index contributed by atoms with van der Waals surface area (Å²) >= 11 is 0.